The minimum absolute atomic E-state index is 0.117. The van der Waals surface area contributed by atoms with Crippen LogP contribution in [0.2, 0.25) is 0 Å². The molecule has 0 bridgehead atoms. The molecule has 226 valence electrons. The van der Waals surface area contributed by atoms with E-state index in [0.717, 1.165) is 56.4 Å². The summed E-state index contributed by atoms with van der Waals surface area (Å²) in [5.41, 5.74) is 10.1. The maximum atomic E-state index is 12.8. The lowest BCUT2D eigenvalue weighted by Crippen LogP contribution is -2.44. The predicted octanol–water partition coefficient (Wildman–Crippen LogP) is 4.96. The van der Waals surface area contributed by atoms with E-state index in [1.807, 2.05) is 30.9 Å². The molecular weight excluding hydrogens is 553 g/mol. The molecule has 4 rings (SSSR count). The van der Waals surface area contributed by atoms with E-state index in [1.54, 1.807) is 0 Å². The number of aromatic amines is 1. The fraction of sp³-hybridized carbons (Fsp3) is 0.483. The second-order valence-electron chi connectivity index (χ2n) is 11.1. The van der Waals surface area contributed by atoms with E-state index in [9.17, 15) is 22.8 Å². The second-order valence-corrected chi connectivity index (χ2v) is 11.1. The van der Waals surface area contributed by atoms with Crippen LogP contribution in [0.3, 0.4) is 0 Å². The number of carbonyl (C=O) groups excluding carboxylic acids is 2. The molecule has 1 fully saturated rings. The van der Waals surface area contributed by atoms with E-state index in [-0.39, 0.29) is 23.3 Å². The van der Waals surface area contributed by atoms with Crippen LogP contribution in [0.4, 0.5) is 18.9 Å². The zero-order valence-electron chi connectivity index (χ0n) is 23.6. The Labute approximate surface area is 241 Å². The highest BCUT2D eigenvalue weighted by Crippen LogP contribution is 2.36. The maximum absolute atomic E-state index is 12.8. The molecule has 10 nitrogen and oxygen atoms in total. The molecule has 2 aliphatic rings. The number of nitriles is 1. The van der Waals surface area contributed by atoms with Crippen molar-refractivity contribution in [3.8, 4) is 6.07 Å². The van der Waals surface area contributed by atoms with Crippen molar-refractivity contribution in [2.24, 2.45) is 5.73 Å². The highest BCUT2D eigenvalue weighted by Gasteiger charge is 2.38. The van der Waals surface area contributed by atoms with Crippen LogP contribution in [0.25, 0.3) is 5.57 Å². The van der Waals surface area contributed by atoms with Gasteiger partial charge in [0.15, 0.2) is 5.82 Å². The van der Waals surface area contributed by atoms with Crippen molar-refractivity contribution in [2.45, 2.75) is 76.4 Å². The van der Waals surface area contributed by atoms with E-state index in [1.165, 1.54) is 23.8 Å². The van der Waals surface area contributed by atoms with Crippen LogP contribution in [0.15, 0.2) is 30.5 Å². The van der Waals surface area contributed by atoms with Gasteiger partial charge >= 0.3 is 12.1 Å². The summed E-state index contributed by atoms with van der Waals surface area (Å²) in [6, 6.07) is 8.22. The number of carbonyl (C=O) groups is 3. The molecule has 1 aliphatic heterocycles. The Kier molecular flexibility index (Phi) is 10.5. The number of rotatable bonds is 6. The first-order valence-electron chi connectivity index (χ1n) is 13.6. The molecule has 1 saturated heterocycles. The number of halogens is 3. The second kappa shape index (κ2) is 13.7. The molecule has 42 heavy (non-hydrogen) atoms. The number of carboxylic acids is 1. The van der Waals surface area contributed by atoms with Crippen LogP contribution in [0.5, 0.6) is 0 Å². The number of nitrogens with zero attached hydrogens (tertiary/aromatic N) is 3. The van der Waals surface area contributed by atoms with Crippen LogP contribution in [0.1, 0.15) is 92.2 Å². The first kappa shape index (κ1) is 32.3. The van der Waals surface area contributed by atoms with E-state index in [0.29, 0.717) is 12.3 Å². The summed E-state index contributed by atoms with van der Waals surface area (Å²) in [7, 11) is 0. The number of hydrogen-bond donors (Lipinski definition) is 4. The summed E-state index contributed by atoms with van der Waals surface area (Å²) >= 11 is 0. The predicted molar refractivity (Wildman–Crippen MR) is 149 cm³/mol. The van der Waals surface area contributed by atoms with Gasteiger partial charge in [0, 0.05) is 36.3 Å². The highest BCUT2D eigenvalue weighted by atomic mass is 19.4. The lowest BCUT2D eigenvalue weighted by Gasteiger charge is -2.34. The molecule has 2 amide bonds. The lowest BCUT2D eigenvalue weighted by atomic mass is 9.85. The van der Waals surface area contributed by atoms with Gasteiger partial charge in [-0.1, -0.05) is 12.1 Å². The summed E-state index contributed by atoms with van der Waals surface area (Å²) in [5.74, 6) is -2.52. The van der Waals surface area contributed by atoms with Crippen LogP contribution < -0.4 is 11.1 Å². The number of hydrogen-bond acceptors (Lipinski definition) is 6. The average Bonchev–Trinajstić information content (AvgIpc) is 3.42. The molecule has 1 aromatic carbocycles. The van der Waals surface area contributed by atoms with Crippen molar-refractivity contribution in [2.75, 3.05) is 18.4 Å². The largest absolute Gasteiger partial charge is 0.490 e. The van der Waals surface area contributed by atoms with Gasteiger partial charge in [-0.2, -0.15) is 18.4 Å². The molecular formula is C29H35F3N6O4. The van der Waals surface area contributed by atoms with Crippen molar-refractivity contribution >= 4 is 29.0 Å². The smallest absolute Gasteiger partial charge is 0.475 e. The van der Waals surface area contributed by atoms with Gasteiger partial charge in [0.2, 0.25) is 5.91 Å². The minimum atomic E-state index is -5.08. The molecule has 5 N–H and O–H groups in total. The molecule has 13 heteroatoms. The number of piperidine rings is 1. The number of imidazole rings is 1. The third-order valence-corrected chi connectivity index (χ3v) is 7.01. The van der Waals surface area contributed by atoms with Crippen LogP contribution >= 0.6 is 0 Å². The number of alkyl halides is 3. The van der Waals surface area contributed by atoms with Crippen molar-refractivity contribution in [3.63, 3.8) is 0 Å². The summed E-state index contributed by atoms with van der Waals surface area (Å²) in [4.78, 5) is 42.9. The van der Waals surface area contributed by atoms with Crippen molar-refractivity contribution < 1.29 is 32.7 Å². The molecule has 0 atom stereocenters. The van der Waals surface area contributed by atoms with Gasteiger partial charge in [0.1, 0.15) is 11.8 Å². The number of aromatic nitrogens is 2. The summed E-state index contributed by atoms with van der Waals surface area (Å²) in [6.45, 7) is 5.23. The summed E-state index contributed by atoms with van der Waals surface area (Å²) < 4.78 is 31.7. The zero-order valence-corrected chi connectivity index (χ0v) is 23.6. The minimum Gasteiger partial charge on any atom is -0.475 e. The number of aliphatic carboxylic acids is 1. The van der Waals surface area contributed by atoms with Gasteiger partial charge in [-0.15, -0.1) is 0 Å². The van der Waals surface area contributed by atoms with Crippen molar-refractivity contribution in [1.82, 2.24) is 14.9 Å². The Morgan fingerprint density at radius 2 is 1.88 bits per heavy atom. The van der Waals surface area contributed by atoms with Crippen LogP contribution in [0, 0.1) is 11.3 Å². The SMILES string of the molecule is CC(C)(N)CC(=O)N1CCC(c2ccc(NC(=O)c3ncc(C#N)[nH]3)c(C3=CCCCC3)c2)CC1.O=C(O)C(F)(F)F. The molecule has 1 aromatic heterocycles. The fourth-order valence-corrected chi connectivity index (χ4v) is 4.91. The zero-order chi connectivity index (χ0) is 31.1. The third kappa shape index (κ3) is 9.17. The number of likely N-dealkylation sites (tertiary alicyclic amines) is 1. The van der Waals surface area contributed by atoms with E-state index in [2.05, 4.69) is 33.5 Å². The Balaban J connectivity index is 0.000000616. The summed E-state index contributed by atoms with van der Waals surface area (Å²) in [6.07, 6.45) is 5.04. The fourth-order valence-electron chi connectivity index (χ4n) is 4.91. The topological polar surface area (TPSA) is 165 Å². The van der Waals surface area contributed by atoms with E-state index >= 15 is 0 Å². The Morgan fingerprint density at radius 1 is 1.21 bits per heavy atom. The number of amides is 2. The van der Waals surface area contributed by atoms with Crippen molar-refractivity contribution in [3.05, 3.63) is 53.1 Å². The third-order valence-electron chi connectivity index (χ3n) is 7.01. The summed E-state index contributed by atoms with van der Waals surface area (Å²) in [5, 5.41) is 19.1. The Hall–Kier alpha value is -4.18. The van der Waals surface area contributed by atoms with Gasteiger partial charge in [-0.3, -0.25) is 9.59 Å². The maximum Gasteiger partial charge on any atom is 0.490 e. The van der Waals surface area contributed by atoms with Gasteiger partial charge < -0.3 is 26.0 Å². The molecule has 0 radical (unpaired) electrons. The molecule has 0 spiro atoms. The monoisotopic (exact) mass is 588 g/mol. The van der Waals surface area contributed by atoms with Crippen LogP contribution in [-0.4, -0.2) is 62.6 Å². The molecule has 2 aromatic rings. The number of carboxylic acid groups (broad SMARTS) is 1. The van der Waals surface area contributed by atoms with Gasteiger partial charge in [-0.05, 0) is 81.6 Å². The number of nitrogens with one attached hydrogen (secondary N) is 2. The number of allylic oxidation sites excluding steroid dienone is 2. The lowest BCUT2D eigenvalue weighted by molar-refractivity contribution is -0.192. The Morgan fingerprint density at radius 3 is 2.40 bits per heavy atom. The first-order chi connectivity index (χ1) is 19.7. The molecule has 0 saturated carbocycles. The molecule has 2 heterocycles. The number of nitrogens with two attached hydrogens (primary N) is 1. The standard InChI is InChI=1S/C27H34N6O2.C2HF3O2/c1-27(2,29)15-24(34)33-12-10-18(11-13-33)20-8-9-23(22(14-20)19-6-4-3-5-7-19)32-26(35)25-30-17-21(16-28)31-25;3-2(4,5)1(6)7/h6,8-9,14,17-18H,3-5,7,10-13,15,29H2,1-2H3,(H,30,31)(H,32,35);(H,6,7). The quantitative estimate of drug-likeness (QED) is 0.370. The average molecular weight is 589 g/mol. The van der Waals surface area contributed by atoms with E-state index in [4.69, 9.17) is 20.9 Å². The van der Waals surface area contributed by atoms with Gasteiger partial charge in [-0.25, -0.2) is 9.78 Å². The number of benzene rings is 1. The first-order valence-corrected chi connectivity index (χ1v) is 13.6. The van der Waals surface area contributed by atoms with E-state index < -0.39 is 17.7 Å². The number of anilines is 1. The highest BCUT2D eigenvalue weighted by molar-refractivity contribution is 6.03. The van der Waals surface area contributed by atoms with Crippen molar-refractivity contribution in [1.29, 1.82) is 5.26 Å². The van der Waals surface area contributed by atoms with Gasteiger partial charge in [0.05, 0.1) is 6.20 Å². The van der Waals surface area contributed by atoms with Gasteiger partial charge in [0.25, 0.3) is 5.91 Å². The normalized spacial score (nSPS) is 16.0. The molecule has 0 unspecified atom stereocenters. The van der Waals surface area contributed by atoms with Crippen LogP contribution in [-0.2, 0) is 9.59 Å². The number of H-pyrrole nitrogens is 1. The molecule has 1 aliphatic carbocycles. The Bertz CT molecular complexity index is 1360.